The van der Waals surface area contributed by atoms with Crippen LogP contribution in [0.4, 0.5) is 8.78 Å². The molecule has 2 aromatic carbocycles. The molecule has 2 aromatic rings. The third kappa shape index (κ3) is 4.02. The minimum Gasteiger partial charge on any atom is -0.310 e. The third-order valence-corrected chi connectivity index (χ3v) is 3.67. The molecule has 0 aliphatic carbocycles. The Balaban J connectivity index is 2.33. The summed E-state index contributed by atoms with van der Waals surface area (Å²) in [4.78, 5) is 0. The lowest BCUT2D eigenvalue weighted by molar-refractivity contribution is 0.500. The van der Waals surface area contributed by atoms with Crippen molar-refractivity contribution in [2.45, 2.75) is 26.3 Å². The van der Waals surface area contributed by atoms with Crippen molar-refractivity contribution in [3.8, 4) is 0 Å². The van der Waals surface area contributed by atoms with Crippen LogP contribution in [0.1, 0.15) is 29.7 Å². The fraction of sp³-hybridized carbons (Fsp3) is 0.294. The van der Waals surface area contributed by atoms with E-state index in [9.17, 15) is 8.78 Å². The lowest BCUT2D eigenvalue weighted by atomic mass is 9.97. The lowest BCUT2D eigenvalue weighted by Crippen LogP contribution is -2.24. The van der Waals surface area contributed by atoms with Gasteiger partial charge in [0.25, 0.3) is 0 Å². The summed E-state index contributed by atoms with van der Waals surface area (Å²) in [7, 11) is 0. The Morgan fingerprint density at radius 2 is 1.90 bits per heavy atom. The molecule has 1 unspecified atom stereocenters. The van der Waals surface area contributed by atoms with Crippen LogP contribution in [0.2, 0.25) is 5.02 Å². The fourth-order valence-electron chi connectivity index (χ4n) is 2.37. The highest BCUT2D eigenvalue weighted by Crippen LogP contribution is 2.25. The molecule has 0 heterocycles. The molecule has 0 saturated heterocycles. The van der Waals surface area contributed by atoms with Crippen LogP contribution < -0.4 is 5.32 Å². The molecule has 1 atom stereocenters. The van der Waals surface area contributed by atoms with Crippen LogP contribution in [0.25, 0.3) is 0 Å². The second kappa shape index (κ2) is 7.01. The summed E-state index contributed by atoms with van der Waals surface area (Å²) in [5, 5.41) is 3.84. The topological polar surface area (TPSA) is 12.0 Å². The average Bonchev–Trinajstić information content (AvgIpc) is 2.42. The SMILES string of the molecule is CCNC(Cc1cccc(Cl)c1)c1cc(F)c(C)cc1F. The number of benzene rings is 2. The molecule has 0 bridgehead atoms. The number of halogens is 3. The fourth-order valence-corrected chi connectivity index (χ4v) is 2.58. The van der Waals surface area contributed by atoms with E-state index in [2.05, 4.69) is 5.32 Å². The standard InChI is InChI=1S/C17H18ClF2N/c1-3-21-17(9-12-5-4-6-13(18)8-12)14-10-15(19)11(2)7-16(14)20/h4-8,10,17,21H,3,9H2,1-2H3. The zero-order valence-electron chi connectivity index (χ0n) is 12.1. The summed E-state index contributed by atoms with van der Waals surface area (Å²) in [6, 6.07) is 9.65. The van der Waals surface area contributed by atoms with E-state index < -0.39 is 0 Å². The Kier molecular flexibility index (Phi) is 5.32. The molecule has 1 N–H and O–H groups in total. The number of nitrogens with one attached hydrogen (secondary N) is 1. The molecule has 0 aromatic heterocycles. The van der Waals surface area contributed by atoms with E-state index in [1.165, 1.54) is 12.1 Å². The first-order valence-corrected chi connectivity index (χ1v) is 7.32. The van der Waals surface area contributed by atoms with Gasteiger partial charge in [0.1, 0.15) is 11.6 Å². The maximum atomic E-state index is 14.2. The van der Waals surface area contributed by atoms with Gasteiger partial charge in [-0.1, -0.05) is 30.7 Å². The van der Waals surface area contributed by atoms with E-state index in [0.29, 0.717) is 29.1 Å². The first kappa shape index (κ1) is 15.9. The number of hydrogen-bond donors (Lipinski definition) is 1. The van der Waals surface area contributed by atoms with Crippen molar-refractivity contribution in [2.24, 2.45) is 0 Å². The average molecular weight is 310 g/mol. The van der Waals surface area contributed by atoms with Gasteiger partial charge in [-0.05, 0) is 55.3 Å². The smallest absolute Gasteiger partial charge is 0.128 e. The lowest BCUT2D eigenvalue weighted by Gasteiger charge is -2.20. The summed E-state index contributed by atoms with van der Waals surface area (Å²) < 4.78 is 27.9. The molecule has 21 heavy (non-hydrogen) atoms. The summed E-state index contributed by atoms with van der Waals surface area (Å²) in [5.74, 6) is -0.776. The zero-order chi connectivity index (χ0) is 15.4. The Labute approximate surface area is 128 Å². The molecule has 2 rings (SSSR count). The molecule has 112 valence electrons. The van der Waals surface area contributed by atoms with Crippen LogP contribution in [0.15, 0.2) is 36.4 Å². The van der Waals surface area contributed by atoms with E-state index in [-0.39, 0.29) is 17.7 Å². The Morgan fingerprint density at radius 3 is 2.57 bits per heavy atom. The molecule has 0 fully saturated rings. The van der Waals surface area contributed by atoms with Gasteiger partial charge in [0.05, 0.1) is 0 Å². The van der Waals surface area contributed by atoms with Crippen LogP contribution in [-0.2, 0) is 6.42 Å². The van der Waals surface area contributed by atoms with Crippen molar-refractivity contribution in [3.05, 3.63) is 69.7 Å². The summed E-state index contributed by atoms with van der Waals surface area (Å²) in [6.07, 6.45) is 0.549. The molecule has 0 amide bonds. The van der Waals surface area contributed by atoms with Gasteiger partial charge in [0.2, 0.25) is 0 Å². The largest absolute Gasteiger partial charge is 0.310 e. The van der Waals surface area contributed by atoms with E-state index in [0.717, 1.165) is 5.56 Å². The normalized spacial score (nSPS) is 12.4. The molecular formula is C17H18ClF2N. The van der Waals surface area contributed by atoms with Gasteiger partial charge in [-0.15, -0.1) is 0 Å². The van der Waals surface area contributed by atoms with E-state index in [1.807, 2.05) is 25.1 Å². The van der Waals surface area contributed by atoms with Gasteiger partial charge < -0.3 is 5.32 Å². The number of aryl methyl sites for hydroxylation is 1. The Hall–Kier alpha value is -1.45. The Bertz CT molecular complexity index is 628. The Morgan fingerprint density at radius 1 is 1.14 bits per heavy atom. The molecule has 0 aliphatic heterocycles. The van der Waals surface area contributed by atoms with Crippen LogP contribution in [-0.4, -0.2) is 6.54 Å². The number of rotatable bonds is 5. The highest BCUT2D eigenvalue weighted by atomic mass is 35.5. The summed E-state index contributed by atoms with van der Waals surface area (Å²) in [5.41, 5.74) is 1.64. The van der Waals surface area contributed by atoms with Crippen molar-refractivity contribution >= 4 is 11.6 Å². The van der Waals surface area contributed by atoms with Gasteiger partial charge >= 0.3 is 0 Å². The van der Waals surface area contributed by atoms with Crippen molar-refractivity contribution in [1.82, 2.24) is 5.32 Å². The van der Waals surface area contributed by atoms with E-state index in [4.69, 9.17) is 11.6 Å². The van der Waals surface area contributed by atoms with Crippen molar-refractivity contribution in [1.29, 1.82) is 0 Å². The minimum absolute atomic E-state index is 0.288. The zero-order valence-corrected chi connectivity index (χ0v) is 12.8. The van der Waals surface area contributed by atoms with Gasteiger partial charge in [0.15, 0.2) is 0 Å². The highest BCUT2D eigenvalue weighted by molar-refractivity contribution is 6.30. The van der Waals surface area contributed by atoms with Crippen molar-refractivity contribution in [3.63, 3.8) is 0 Å². The highest BCUT2D eigenvalue weighted by Gasteiger charge is 2.17. The summed E-state index contributed by atoms with van der Waals surface area (Å²) >= 11 is 5.97. The molecule has 4 heteroatoms. The molecule has 0 aliphatic rings. The molecule has 0 spiro atoms. The van der Waals surface area contributed by atoms with Gasteiger partial charge in [-0.25, -0.2) is 8.78 Å². The van der Waals surface area contributed by atoms with Crippen LogP contribution in [0, 0.1) is 18.6 Å². The predicted molar refractivity (Wildman–Crippen MR) is 82.7 cm³/mol. The van der Waals surface area contributed by atoms with Crippen LogP contribution >= 0.6 is 11.6 Å². The van der Waals surface area contributed by atoms with Crippen LogP contribution in [0.3, 0.4) is 0 Å². The van der Waals surface area contributed by atoms with Gasteiger partial charge in [-0.3, -0.25) is 0 Å². The maximum absolute atomic E-state index is 14.2. The third-order valence-electron chi connectivity index (χ3n) is 3.43. The second-order valence-electron chi connectivity index (χ2n) is 5.07. The first-order valence-electron chi connectivity index (χ1n) is 6.94. The molecule has 1 nitrogen and oxygen atoms in total. The van der Waals surface area contributed by atoms with Crippen LogP contribution in [0.5, 0.6) is 0 Å². The predicted octanol–water partition coefficient (Wildman–Crippen LogP) is 4.82. The van der Waals surface area contributed by atoms with Gasteiger partial charge in [-0.2, -0.15) is 0 Å². The monoisotopic (exact) mass is 309 g/mol. The molecular weight excluding hydrogens is 292 g/mol. The number of hydrogen-bond acceptors (Lipinski definition) is 1. The second-order valence-corrected chi connectivity index (χ2v) is 5.50. The van der Waals surface area contributed by atoms with Crippen molar-refractivity contribution in [2.75, 3.05) is 6.54 Å². The quantitative estimate of drug-likeness (QED) is 0.835. The summed E-state index contributed by atoms with van der Waals surface area (Å²) in [6.45, 7) is 4.16. The first-order chi connectivity index (χ1) is 10.0. The van der Waals surface area contributed by atoms with E-state index >= 15 is 0 Å². The molecule has 0 saturated carbocycles. The minimum atomic E-state index is -0.389. The van der Waals surface area contributed by atoms with Gasteiger partial charge in [0, 0.05) is 16.6 Å². The maximum Gasteiger partial charge on any atom is 0.128 e. The van der Waals surface area contributed by atoms with Crippen molar-refractivity contribution < 1.29 is 8.78 Å². The van der Waals surface area contributed by atoms with E-state index in [1.54, 1.807) is 13.0 Å². The number of likely N-dealkylation sites (N-methyl/N-ethyl adjacent to an activating group) is 1. The molecule has 0 radical (unpaired) electrons.